The van der Waals surface area contributed by atoms with Crippen molar-refractivity contribution in [1.82, 2.24) is 0 Å². The second kappa shape index (κ2) is 8.93. The molecule has 0 spiro atoms. The molecular weight excluding hydrogens is 428 g/mol. The van der Waals surface area contributed by atoms with Gasteiger partial charge in [-0.25, -0.2) is 8.42 Å². The van der Waals surface area contributed by atoms with E-state index in [0.717, 1.165) is 16.5 Å². The molecule has 2 aromatic carbocycles. The van der Waals surface area contributed by atoms with Crippen molar-refractivity contribution in [2.45, 2.75) is 11.8 Å². The lowest BCUT2D eigenvalue weighted by Crippen LogP contribution is -2.14. The highest BCUT2D eigenvalue weighted by Crippen LogP contribution is 2.30. The van der Waals surface area contributed by atoms with E-state index in [9.17, 15) is 18.5 Å². The second-order valence-corrected chi connectivity index (χ2v) is 8.71. The van der Waals surface area contributed by atoms with Gasteiger partial charge in [0, 0.05) is 10.9 Å². The van der Waals surface area contributed by atoms with Crippen LogP contribution in [0.15, 0.2) is 63.9 Å². The number of methoxy groups -OCH3 is 1. The third-order valence-electron chi connectivity index (χ3n) is 4.10. The zero-order chi connectivity index (χ0) is 21.7. The Labute approximate surface area is 177 Å². The maximum atomic E-state index is 12.7. The van der Waals surface area contributed by atoms with Crippen LogP contribution in [0.4, 0.5) is 17.1 Å². The maximum absolute atomic E-state index is 12.7. The van der Waals surface area contributed by atoms with E-state index in [0.29, 0.717) is 5.75 Å². The summed E-state index contributed by atoms with van der Waals surface area (Å²) in [6.45, 7) is 1.93. The third kappa shape index (κ3) is 4.75. The highest BCUT2D eigenvalue weighted by Gasteiger charge is 2.22. The Bertz CT molecular complexity index is 1210. The normalized spacial score (nSPS) is 11.4. The topological polar surface area (TPSA) is 123 Å². The number of aryl methyl sites for hydroxylation is 1. The number of anilines is 2. The number of hydrogen-bond acceptors (Lipinski definition) is 8. The number of thiophene rings is 1. The fourth-order valence-corrected chi connectivity index (χ4v) is 4.41. The molecule has 0 saturated heterocycles. The first-order valence-electron chi connectivity index (χ1n) is 8.59. The summed E-state index contributed by atoms with van der Waals surface area (Å²) in [5.41, 5.74) is 3.51. The number of nitrogens with zero attached hydrogens (tertiary/aromatic N) is 2. The Kier molecular flexibility index (Phi) is 6.33. The number of nitro benzene ring substituents is 1. The molecule has 0 aliphatic carbocycles. The summed E-state index contributed by atoms with van der Waals surface area (Å²) in [4.78, 5) is 11.5. The minimum absolute atomic E-state index is 0.0710. The van der Waals surface area contributed by atoms with Gasteiger partial charge in [0.05, 0.1) is 28.8 Å². The number of ether oxygens (including phenoxy) is 1. The molecule has 0 radical (unpaired) electrons. The van der Waals surface area contributed by atoms with Gasteiger partial charge in [-0.3, -0.25) is 20.3 Å². The molecule has 1 aromatic heterocycles. The first-order valence-corrected chi connectivity index (χ1v) is 11.0. The van der Waals surface area contributed by atoms with Crippen molar-refractivity contribution in [2.24, 2.45) is 5.10 Å². The Hall–Kier alpha value is -3.44. The molecule has 0 unspecified atom stereocenters. The Morgan fingerprint density at radius 2 is 1.93 bits per heavy atom. The van der Waals surface area contributed by atoms with Crippen molar-refractivity contribution >= 4 is 44.6 Å². The molecule has 3 aromatic rings. The monoisotopic (exact) mass is 446 g/mol. The largest absolute Gasteiger partial charge is 0.495 e. The summed E-state index contributed by atoms with van der Waals surface area (Å²) >= 11 is 1.48. The molecule has 11 heteroatoms. The molecular formula is C19H18N4O5S2. The molecule has 0 atom stereocenters. The number of hydrogen-bond donors (Lipinski definition) is 2. The number of hydrazone groups is 1. The standard InChI is InChI=1S/C19H18N4O5S2/c1-13-9-10-29-19(13)12-20-21-15-8-7-14(11-17(15)23(24)25)30(26,27)22-16-5-3-4-6-18(16)28-2/h3-12,21-22H,1-2H3. The fraction of sp³-hybridized carbons (Fsp3) is 0.105. The summed E-state index contributed by atoms with van der Waals surface area (Å²) in [6.07, 6.45) is 1.55. The highest BCUT2D eigenvalue weighted by atomic mass is 32.2. The molecule has 0 aliphatic heterocycles. The first kappa shape index (κ1) is 21.3. The number of sulfonamides is 1. The van der Waals surface area contributed by atoms with Crippen LogP contribution in [-0.4, -0.2) is 26.7 Å². The average Bonchev–Trinajstić information content (AvgIpc) is 3.13. The van der Waals surface area contributed by atoms with E-state index in [1.165, 1.54) is 36.6 Å². The van der Waals surface area contributed by atoms with E-state index < -0.39 is 20.6 Å². The van der Waals surface area contributed by atoms with Crippen LogP contribution in [0.5, 0.6) is 5.75 Å². The van der Waals surface area contributed by atoms with E-state index in [-0.39, 0.29) is 16.3 Å². The minimum atomic E-state index is -4.08. The zero-order valence-corrected chi connectivity index (χ0v) is 17.7. The van der Waals surface area contributed by atoms with E-state index in [2.05, 4.69) is 15.2 Å². The van der Waals surface area contributed by atoms with Gasteiger partial charge < -0.3 is 4.74 Å². The predicted octanol–water partition coefficient (Wildman–Crippen LogP) is 4.22. The highest BCUT2D eigenvalue weighted by molar-refractivity contribution is 7.92. The van der Waals surface area contributed by atoms with Gasteiger partial charge in [-0.05, 0) is 48.2 Å². The van der Waals surface area contributed by atoms with Gasteiger partial charge in [0.15, 0.2) is 0 Å². The number of para-hydroxylation sites is 2. The van der Waals surface area contributed by atoms with Crippen molar-refractivity contribution in [3.05, 3.63) is 74.5 Å². The summed E-state index contributed by atoms with van der Waals surface area (Å²) in [5.74, 6) is 0.326. The SMILES string of the molecule is COc1ccccc1NS(=O)(=O)c1ccc(NN=Cc2sccc2C)c([N+](=O)[O-])c1. The summed E-state index contributed by atoms with van der Waals surface area (Å²) in [7, 11) is -2.67. The van der Waals surface area contributed by atoms with Crippen molar-refractivity contribution in [1.29, 1.82) is 0 Å². The zero-order valence-electron chi connectivity index (χ0n) is 16.0. The molecule has 0 bridgehead atoms. The van der Waals surface area contributed by atoms with E-state index in [1.54, 1.807) is 24.4 Å². The summed E-state index contributed by atoms with van der Waals surface area (Å²) in [5, 5.41) is 17.4. The minimum Gasteiger partial charge on any atom is -0.495 e. The quantitative estimate of drug-likeness (QED) is 0.303. The second-order valence-electron chi connectivity index (χ2n) is 6.08. The van der Waals surface area contributed by atoms with E-state index in [1.807, 2.05) is 18.4 Å². The van der Waals surface area contributed by atoms with Crippen LogP contribution in [0.25, 0.3) is 0 Å². The fourth-order valence-electron chi connectivity index (χ4n) is 2.53. The molecule has 9 nitrogen and oxygen atoms in total. The van der Waals surface area contributed by atoms with Gasteiger partial charge in [0.25, 0.3) is 15.7 Å². The maximum Gasteiger partial charge on any atom is 0.295 e. The predicted molar refractivity (Wildman–Crippen MR) is 117 cm³/mol. The lowest BCUT2D eigenvalue weighted by atomic mass is 10.3. The smallest absolute Gasteiger partial charge is 0.295 e. The summed E-state index contributed by atoms with van der Waals surface area (Å²) in [6, 6.07) is 11.9. The molecule has 156 valence electrons. The van der Waals surface area contributed by atoms with E-state index >= 15 is 0 Å². The van der Waals surface area contributed by atoms with Crippen LogP contribution in [0.1, 0.15) is 10.4 Å². The summed E-state index contributed by atoms with van der Waals surface area (Å²) < 4.78 is 33.0. The Balaban J connectivity index is 1.87. The molecule has 0 aliphatic rings. The number of rotatable bonds is 8. The van der Waals surface area contributed by atoms with Crippen LogP contribution in [0.3, 0.4) is 0 Å². The molecule has 0 amide bonds. The molecule has 0 fully saturated rings. The van der Waals surface area contributed by atoms with Crippen LogP contribution < -0.4 is 14.9 Å². The average molecular weight is 447 g/mol. The van der Waals surface area contributed by atoms with Crippen LogP contribution >= 0.6 is 11.3 Å². The van der Waals surface area contributed by atoms with Crippen molar-refractivity contribution in [3.63, 3.8) is 0 Å². The van der Waals surface area contributed by atoms with Gasteiger partial charge in [-0.2, -0.15) is 5.10 Å². The third-order valence-corrected chi connectivity index (χ3v) is 6.41. The van der Waals surface area contributed by atoms with Crippen molar-refractivity contribution in [2.75, 3.05) is 17.3 Å². The van der Waals surface area contributed by atoms with E-state index in [4.69, 9.17) is 4.74 Å². The van der Waals surface area contributed by atoms with Gasteiger partial charge in [-0.1, -0.05) is 12.1 Å². The lowest BCUT2D eigenvalue weighted by molar-refractivity contribution is -0.384. The molecule has 1 heterocycles. The lowest BCUT2D eigenvalue weighted by Gasteiger charge is -2.12. The van der Waals surface area contributed by atoms with Crippen molar-refractivity contribution in [3.8, 4) is 5.75 Å². The van der Waals surface area contributed by atoms with Crippen LogP contribution in [-0.2, 0) is 10.0 Å². The molecule has 2 N–H and O–H groups in total. The Morgan fingerprint density at radius 3 is 2.60 bits per heavy atom. The van der Waals surface area contributed by atoms with Crippen molar-refractivity contribution < 1.29 is 18.1 Å². The van der Waals surface area contributed by atoms with Crippen LogP contribution in [0.2, 0.25) is 0 Å². The van der Waals surface area contributed by atoms with Gasteiger partial charge >= 0.3 is 0 Å². The number of benzene rings is 2. The van der Waals surface area contributed by atoms with Gasteiger partial charge in [-0.15, -0.1) is 11.3 Å². The van der Waals surface area contributed by atoms with Gasteiger partial charge in [0.1, 0.15) is 11.4 Å². The van der Waals surface area contributed by atoms with Crippen LogP contribution in [0, 0.1) is 17.0 Å². The number of nitro groups is 1. The number of nitrogens with one attached hydrogen (secondary N) is 2. The molecule has 30 heavy (non-hydrogen) atoms. The Morgan fingerprint density at radius 1 is 1.17 bits per heavy atom. The molecule has 3 rings (SSSR count). The van der Waals surface area contributed by atoms with Gasteiger partial charge in [0.2, 0.25) is 0 Å². The first-order chi connectivity index (χ1) is 14.3. The molecule has 0 saturated carbocycles.